The highest BCUT2D eigenvalue weighted by atomic mass is 19.1. The Morgan fingerprint density at radius 1 is 0.975 bits per heavy atom. The first-order valence-electron chi connectivity index (χ1n) is 12.5. The Labute approximate surface area is 229 Å². The first-order chi connectivity index (χ1) is 19.4. The topological polar surface area (TPSA) is 110 Å². The van der Waals surface area contributed by atoms with E-state index < -0.39 is 30.0 Å². The lowest BCUT2D eigenvalue weighted by Crippen LogP contribution is -2.46. The summed E-state index contributed by atoms with van der Waals surface area (Å²) < 4.78 is 29.7. The van der Waals surface area contributed by atoms with Gasteiger partial charge in [0.1, 0.15) is 17.3 Å². The van der Waals surface area contributed by atoms with Crippen LogP contribution in [0.3, 0.4) is 0 Å². The van der Waals surface area contributed by atoms with Gasteiger partial charge in [-0.3, -0.25) is 14.5 Å². The third kappa shape index (κ3) is 5.80. The van der Waals surface area contributed by atoms with Gasteiger partial charge in [-0.05, 0) is 59.7 Å². The molecule has 0 spiro atoms. The van der Waals surface area contributed by atoms with Crippen LogP contribution in [0.2, 0.25) is 0 Å². The molecular formula is C30H26FN3O6. The maximum Gasteiger partial charge on any atom is 0.411 e. The molecule has 3 aromatic carbocycles. The number of hydrogen-bond acceptors (Lipinski definition) is 6. The molecule has 204 valence electrons. The molecule has 1 aliphatic rings. The number of amides is 3. The van der Waals surface area contributed by atoms with Crippen molar-refractivity contribution in [1.29, 1.82) is 0 Å². The minimum Gasteiger partial charge on any atom is -0.496 e. The minimum absolute atomic E-state index is 0.0432. The highest BCUT2D eigenvalue weighted by Crippen LogP contribution is 2.35. The Hall–Kier alpha value is -5.12. The number of ether oxygens (including phenoxy) is 2. The van der Waals surface area contributed by atoms with E-state index in [0.29, 0.717) is 33.9 Å². The van der Waals surface area contributed by atoms with Gasteiger partial charge in [-0.25, -0.2) is 9.18 Å². The minimum atomic E-state index is -1.01. The summed E-state index contributed by atoms with van der Waals surface area (Å²) in [5.41, 5.74) is 2.08. The number of halogens is 1. The lowest BCUT2D eigenvalue weighted by molar-refractivity contribution is -0.126. The number of cyclic esters (lactones) is 1. The van der Waals surface area contributed by atoms with Gasteiger partial charge in [0.2, 0.25) is 5.91 Å². The van der Waals surface area contributed by atoms with Gasteiger partial charge >= 0.3 is 6.09 Å². The molecule has 3 amide bonds. The summed E-state index contributed by atoms with van der Waals surface area (Å²) >= 11 is 0. The molecule has 2 atom stereocenters. The van der Waals surface area contributed by atoms with Crippen molar-refractivity contribution in [3.63, 3.8) is 0 Å². The molecule has 1 aliphatic heterocycles. The molecule has 0 unspecified atom stereocenters. The predicted molar refractivity (Wildman–Crippen MR) is 143 cm³/mol. The number of methoxy groups -OCH3 is 1. The van der Waals surface area contributed by atoms with Crippen LogP contribution < -0.4 is 15.4 Å². The molecule has 40 heavy (non-hydrogen) atoms. The van der Waals surface area contributed by atoms with Crippen LogP contribution in [0.1, 0.15) is 33.3 Å². The summed E-state index contributed by atoms with van der Waals surface area (Å²) in [5, 5.41) is 5.62. The van der Waals surface area contributed by atoms with Crippen LogP contribution in [0.25, 0.3) is 0 Å². The summed E-state index contributed by atoms with van der Waals surface area (Å²) in [6.45, 7) is 0.170. The normalized spacial score (nSPS) is 16.4. The molecule has 5 rings (SSSR count). The zero-order valence-corrected chi connectivity index (χ0v) is 21.5. The number of carbonyl (C=O) groups is 3. The average molecular weight is 544 g/mol. The summed E-state index contributed by atoms with van der Waals surface area (Å²) in [4.78, 5) is 40.5. The first kappa shape index (κ1) is 26.5. The number of benzene rings is 3. The van der Waals surface area contributed by atoms with E-state index in [2.05, 4.69) is 10.6 Å². The number of furan rings is 1. The molecule has 4 aromatic rings. The van der Waals surface area contributed by atoms with Gasteiger partial charge in [0.05, 0.1) is 32.0 Å². The molecule has 9 nitrogen and oxygen atoms in total. The van der Waals surface area contributed by atoms with Crippen LogP contribution in [0.15, 0.2) is 95.6 Å². The van der Waals surface area contributed by atoms with Crippen LogP contribution in [-0.4, -0.2) is 36.0 Å². The second-order valence-corrected chi connectivity index (χ2v) is 9.08. The van der Waals surface area contributed by atoms with Crippen LogP contribution in [-0.2, 0) is 22.6 Å². The zero-order chi connectivity index (χ0) is 28.1. The molecular weight excluding hydrogens is 517 g/mol. The first-order valence-corrected chi connectivity index (χ1v) is 12.5. The van der Waals surface area contributed by atoms with Gasteiger partial charge < -0.3 is 24.5 Å². The molecule has 1 saturated heterocycles. The maximum atomic E-state index is 13.4. The van der Waals surface area contributed by atoms with E-state index in [1.54, 1.807) is 72.8 Å². The number of anilines is 1. The monoisotopic (exact) mass is 543 g/mol. The van der Waals surface area contributed by atoms with Crippen molar-refractivity contribution < 1.29 is 32.7 Å². The van der Waals surface area contributed by atoms with Crippen molar-refractivity contribution in [2.24, 2.45) is 0 Å². The largest absolute Gasteiger partial charge is 0.496 e. The molecule has 0 saturated carbocycles. The maximum absolute atomic E-state index is 13.4. The van der Waals surface area contributed by atoms with E-state index in [1.165, 1.54) is 30.4 Å². The Balaban J connectivity index is 1.36. The van der Waals surface area contributed by atoms with Gasteiger partial charge in [0.25, 0.3) is 5.91 Å². The van der Waals surface area contributed by atoms with Crippen LogP contribution in [0.4, 0.5) is 14.9 Å². The average Bonchev–Trinajstić information content (AvgIpc) is 3.61. The van der Waals surface area contributed by atoms with E-state index in [0.717, 1.165) is 0 Å². The van der Waals surface area contributed by atoms with Gasteiger partial charge in [0.15, 0.2) is 12.1 Å². The number of nitrogens with zero attached hydrogens (tertiary/aromatic N) is 1. The Morgan fingerprint density at radius 2 is 1.73 bits per heavy atom. The number of hydrogen-bond donors (Lipinski definition) is 2. The van der Waals surface area contributed by atoms with E-state index in [1.807, 2.05) is 0 Å². The molecule has 1 aromatic heterocycles. The molecule has 2 N–H and O–H groups in total. The fourth-order valence-corrected chi connectivity index (χ4v) is 4.48. The van der Waals surface area contributed by atoms with Gasteiger partial charge in [0, 0.05) is 5.69 Å². The molecule has 0 radical (unpaired) electrons. The van der Waals surface area contributed by atoms with Crippen LogP contribution in [0.5, 0.6) is 5.75 Å². The Morgan fingerprint density at radius 3 is 2.42 bits per heavy atom. The second kappa shape index (κ2) is 11.7. The van der Waals surface area contributed by atoms with E-state index in [4.69, 9.17) is 13.9 Å². The quantitative estimate of drug-likeness (QED) is 0.306. The SMILES string of the molecule is COc1ccccc1C(=O)Nc1ccc([C@@H]2OC(=O)N(Cc3ccc(F)cc3)[C@@H]2C(=O)NCc2ccco2)cc1. The van der Waals surface area contributed by atoms with Crippen molar-refractivity contribution in [3.05, 3.63) is 119 Å². The second-order valence-electron chi connectivity index (χ2n) is 9.08. The highest BCUT2D eigenvalue weighted by molar-refractivity contribution is 6.06. The Bertz CT molecular complexity index is 1490. The van der Waals surface area contributed by atoms with E-state index >= 15 is 0 Å². The highest BCUT2D eigenvalue weighted by Gasteiger charge is 2.47. The molecule has 10 heteroatoms. The fourth-order valence-electron chi connectivity index (χ4n) is 4.48. The van der Waals surface area contributed by atoms with Gasteiger partial charge in [-0.15, -0.1) is 0 Å². The Kier molecular flexibility index (Phi) is 7.77. The lowest BCUT2D eigenvalue weighted by Gasteiger charge is -2.24. The molecule has 0 bridgehead atoms. The third-order valence-electron chi connectivity index (χ3n) is 6.49. The fraction of sp³-hybridized carbons (Fsp3) is 0.167. The van der Waals surface area contributed by atoms with Crippen molar-refractivity contribution in [3.8, 4) is 5.75 Å². The van der Waals surface area contributed by atoms with Gasteiger partial charge in [-0.1, -0.05) is 36.4 Å². The number of para-hydroxylation sites is 1. The molecule has 0 aliphatic carbocycles. The molecule has 1 fully saturated rings. The predicted octanol–water partition coefficient (Wildman–Crippen LogP) is 5.06. The van der Waals surface area contributed by atoms with Crippen molar-refractivity contribution in [2.45, 2.75) is 25.2 Å². The summed E-state index contributed by atoms with van der Waals surface area (Å²) in [5.74, 6) is -0.202. The summed E-state index contributed by atoms with van der Waals surface area (Å²) in [7, 11) is 1.49. The smallest absolute Gasteiger partial charge is 0.411 e. The number of carbonyl (C=O) groups excluding carboxylic acids is 3. The van der Waals surface area contributed by atoms with Crippen LogP contribution in [0, 0.1) is 5.82 Å². The third-order valence-corrected chi connectivity index (χ3v) is 6.49. The zero-order valence-electron chi connectivity index (χ0n) is 21.5. The van der Waals surface area contributed by atoms with E-state index in [-0.39, 0.29) is 19.0 Å². The van der Waals surface area contributed by atoms with Crippen molar-refractivity contribution in [1.82, 2.24) is 10.2 Å². The van der Waals surface area contributed by atoms with Gasteiger partial charge in [-0.2, -0.15) is 0 Å². The lowest BCUT2D eigenvalue weighted by atomic mass is 10.00. The number of rotatable bonds is 9. The van der Waals surface area contributed by atoms with Crippen LogP contribution >= 0.6 is 0 Å². The summed E-state index contributed by atoms with van der Waals surface area (Å²) in [6.07, 6.45) is -0.105. The molecule has 2 heterocycles. The summed E-state index contributed by atoms with van der Waals surface area (Å²) in [6, 6.07) is 21.7. The van der Waals surface area contributed by atoms with Crippen molar-refractivity contribution >= 4 is 23.6 Å². The van der Waals surface area contributed by atoms with E-state index in [9.17, 15) is 18.8 Å². The standard InChI is InChI=1S/C30H26FN3O6/c1-38-25-7-3-2-6-24(25)28(35)33-22-14-10-20(11-15-22)27-26(29(36)32-17-23-5-4-16-39-23)34(30(37)40-27)18-19-8-12-21(31)13-9-19/h2-16,26-27H,17-18H2,1H3,(H,32,36)(H,33,35)/t26-,27-/m0/s1. The van der Waals surface area contributed by atoms with Crippen molar-refractivity contribution in [2.75, 3.05) is 12.4 Å². The number of nitrogens with one attached hydrogen (secondary N) is 2.